The van der Waals surface area contributed by atoms with Crippen LogP contribution in [0.25, 0.3) is 0 Å². The molecule has 1 fully saturated rings. The predicted molar refractivity (Wildman–Crippen MR) is 76.3 cm³/mol. The molecule has 1 heterocycles. The number of carbonyl (C=O) groups is 1. The highest BCUT2D eigenvalue weighted by molar-refractivity contribution is 7.16. The van der Waals surface area contributed by atoms with Gasteiger partial charge in [-0.1, -0.05) is 30.9 Å². The van der Waals surface area contributed by atoms with Crippen molar-refractivity contribution in [2.24, 2.45) is 0 Å². The van der Waals surface area contributed by atoms with Crippen molar-refractivity contribution >= 4 is 29.0 Å². The summed E-state index contributed by atoms with van der Waals surface area (Å²) < 4.78 is 0.756. The molecule has 2 rings (SSSR count). The Hall–Kier alpha value is -0.740. The van der Waals surface area contributed by atoms with Crippen molar-refractivity contribution in [1.29, 1.82) is 0 Å². The molecule has 5 heteroatoms. The molecule has 1 aromatic heterocycles. The molecule has 1 saturated carbocycles. The fourth-order valence-corrected chi connectivity index (χ4v) is 3.37. The van der Waals surface area contributed by atoms with E-state index in [9.17, 15) is 4.79 Å². The van der Waals surface area contributed by atoms with Crippen LogP contribution in [0.5, 0.6) is 0 Å². The Morgan fingerprint density at radius 3 is 2.72 bits per heavy atom. The molecule has 0 spiro atoms. The first-order chi connectivity index (χ1) is 8.65. The maximum absolute atomic E-state index is 11.9. The van der Waals surface area contributed by atoms with Crippen LogP contribution in [0.2, 0.25) is 4.34 Å². The second-order valence-corrected chi connectivity index (χ2v) is 6.56. The third-order valence-electron chi connectivity index (χ3n) is 3.31. The second kappa shape index (κ2) is 6.43. The van der Waals surface area contributed by atoms with Gasteiger partial charge in [0.15, 0.2) is 0 Å². The van der Waals surface area contributed by atoms with Crippen molar-refractivity contribution in [1.82, 2.24) is 10.6 Å². The van der Waals surface area contributed by atoms with E-state index in [1.807, 2.05) is 19.1 Å². The Morgan fingerprint density at radius 1 is 1.39 bits per heavy atom. The molecule has 0 radical (unpaired) electrons. The normalized spacial score (nSPS) is 18.3. The molecule has 1 atom stereocenters. The fraction of sp³-hybridized carbons (Fsp3) is 0.615. The minimum absolute atomic E-state index is 0.00564. The molecule has 0 aliphatic heterocycles. The first kappa shape index (κ1) is 13.7. The first-order valence-electron chi connectivity index (χ1n) is 6.47. The lowest BCUT2D eigenvalue weighted by Crippen LogP contribution is -2.43. The molecule has 1 aliphatic carbocycles. The third-order valence-corrected chi connectivity index (χ3v) is 4.72. The van der Waals surface area contributed by atoms with Gasteiger partial charge < -0.3 is 10.6 Å². The molecule has 0 saturated heterocycles. The van der Waals surface area contributed by atoms with Crippen LogP contribution in [0.1, 0.15) is 49.9 Å². The van der Waals surface area contributed by atoms with Gasteiger partial charge in [0, 0.05) is 10.9 Å². The van der Waals surface area contributed by atoms with Gasteiger partial charge in [0.1, 0.15) is 0 Å². The molecule has 2 amide bonds. The summed E-state index contributed by atoms with van der Waals surface area (Å²) in [5, 5.41) is 6.01. The van der Waals surface area contributed by atoms with E-state index in [1.165, 1.54) is 30.6 Å². The number of halogens is 1. The van der Waals surface area contributed by atoms with Gasteiger partial charge in [-0.05, 0) is 31.9 Å². The zero-order valence-corrected chi connectivity index (χ0v) is 12.1. The van der Waals surface area contributed by atoms with Crippen molar-refractivity contribution in [3.8, 4) is 0 Å². The lowest BCUT2D eigenvalue weighted by atomic mass is 9.96. The molecule has 100 valence electrons. The van der Waals surface area contributed by atoms with E-state index in [4.69, 9.17) is 11.6 Å². The number of carbonyl (C=O) groups excluding carboxylic acids is 1. The van der Waals surface area contributed by atoms with E-state index < -0.39 is 0 Å². The van der Waals surface area contributed by atoms with Gasteiger partial charge in [-0.25, -0.2) is 4.79 Å². The minimum Gasteiger partial charge on any atom is -0.335 e. The lowest BCUT2D eigenvalue weighted by Gasteiger charge is -2.24. The van der Waals surface area contributed by atoms with Gasteiger partial charge in [0.2, 0.25) is 0 Å². The van der Waals surface area contributed by atoms with Crippen LogP contribution in [0.3, 0.4) is 0 Å². The van der Waals surface area contributed by atoms with Gasteiger partial charge in [-0.2, -0.15) is 0 Å². The zero-order valence-electron chi connectivity index (χ0n) is 10.5. The summed E-state index contributed by atoms with van der Waals surface area (Å²) in [7, 11) is 0. The number of urea groups is 1. The number of thiophene rings is 1. The Bertz CT molecular complexity index is 401. The number of hydrogen-bond acceptors (Lipinski definition) is 2. The van der Waals surface area contributed by atoms with Crippen LogP contribution < -0.4 is 10.6 Å². The van der Waals surface area contributed by atoms with Crippen molar-refractivity contribution in [3.63, 3.8) is 0 Å². The number of rotatable bonds is 3. The summed E-state index contributed by atoms with van der Waals surface area (Å²) in [6.07, 6.45) is 5.95. The van der Waals surface area contributed by atoms with Gasteiger partial charge in [-0.3, -0.25) is 0 Å². The topological polar surface area (TPSA) is 41.1 Å². The smallest absolute Gasteiger partial charge is 0.315 e. The average molecular weight is 287 g/mol. The Kier molecular flexibility index (Phi) is 4.89. The van der Waals surface area contributed by atoms with E-state index >= 15 is 0 Å². The van der Waals surface area contributed by atoms with Crippen LogP contribution in [-0.2, 0) is 0 Å². The summed E-state index contributed by atoms with van der Waals surface area (Å²) in [6, 6.07) is 4.10. The van der Waals surface area contributed by atoms with E-state index in [1.54, 1.807) is 0 Å². The highest BCUT2D eigenvalue weighted by Crippen LogP contribution is 2.26. The van der Waals surface area contributed by atoms with Crippen molar-refractivity contribution in [2.75, 3.05) is 0 Å². The predicted octanol–water partition coefficient (Wildman–Crippen LogP) is 4.09. The van der Waals surface area contributed by atoms with Gasteiger partial charge in [0.25, 0.3) is 0 Å². The van der Waals surface area contributed by atoms with Crippen LogP contribution in [-0.4, -0.2) is 12.1 Å². The zero-order chi connectivity index (χ0) is 13.0. The van der Waals surface area contributed by atoms with Crippen LogP contribution >= 0.6 is 22.9 Å². The molecular weight excluding hydrogens is 268 g/mol. The van der Waals surface area contributed by atoms with E-state index in [0.717, 1.165) is 22.1 Å². The van der Waals surface area contributed by atoms with Crippen molar-refractivity contribution < 1.29 is 4.79 Å². The minimum atomic E-state index is -0.0704. The van der Waals surface area contributed by atoms with Gasteiger partial charge in [0.05, 0.1) is 10.4 Å². The SMILES string of the molecule is C[C@H](NC(=O)NC1CCCCC1)c1ccc(Cl)s1. The summed E-state index contributed by atoms with van der Waals surface area (Å²) in [5.41, 5.74) is 0. The fourth-order valence-electron chi connectivity index (χ4n) is 2.30. The second-order valence-electron chi connectivity index (χ2n) is 4.82. The highest BCUT2D eigenvalue weighted by atomic mass is 35.5. The van der Waals surface area contributed by atoms with Crippen molar-refractivity contribution in [3.05, 3.63) is 21.3 Å². The third kappa shape index (κ3) is 3.89. The van der Waals surface area contributed by atoms with Crippen LogP contribution in [0, 0.1) is 0 Å². The molecule has 1 aliphatic rings. The van der Waals surface area contributed by atoms with Crippen LogP contribution in [0.15, 0.2) is 12.1 Å². The summed E-state index contributed by atoms with van der Waals surface area (Å²) in [6.45, 7) is 1.97. The number of nitrogens with one attached hydrogen (secondary N) is 2. The Balaban J connectivity index is 1.79. The van der Waals surface area contributed by atoms with Gasteiger partial charge >= 0.3 is 6.03 Å². The Labute approximate surface area is 117 Å². The van der Waals surface area contributed by atoms with E-state index in [-0.39, 0.29) is 12.1 Å². The maximum atomic E-state index is 11.9. The molecule has 18 heavy (non-hydrogen) atoms. The maximum Gasteiger partial charge on any atom is 0.315 e. The van der Waals surface area contributed by atoms with Crippen molar-refractivity contribution in [2.45, 2.75) is 51.1 Å². The molecule has 0 bridgehead atoms. The Morgan fingerprint density at radius 2 is 2.11 bits per heavy atom. The number of hydrogen-bond donors (Lipinski definition) is 2. The molecule has 1 aromatic rings. The lowest BCUT2D eigenvalue weighted by molar-refractivity contribution is 0.230. The first-order valence-corrected chi connectivity index (χ1v) is 7.67. The standard InChI is InChI=1S/C13H19ClN2OS/c1-9(11-7-8-12(14)18-11)15-13(17)16-10-5-3-2-4-6-10/h7-10H,2-6H2,1H3,(H2,15,16,17)/t9-/m0/s1. The average Bonchev–Trinajstić information content (AvgIpc) is 2.77. The quantitative estimate of drug-likeness (QED) is 0.863. The number of amides is 2. The largest absolute Gasteiger partial charge is 0.335 e. The highest BCUT2D eigenvalue weighted by Gasteiger charge is 2.17. The van der Waals surface area contributed by atoms with Crippen LogP contribution in [0.4, 0.5) is 4.79 Å². The molecule has 2 N–H and O–H groups in total. The molecule has 0 aromatic carbocycles. The van der Waals surface area contributed by atoms with E-state index in [2.05, 4.69) is 10.6 Å². The monoisotopic (exact) mass is 286 g/mol. The summed E-state index contributed by atoms with van der Waals surface area (Å²) in [5.74, 6) is 0. The van der Waals surface area contributed by atoms with Gasteiger partial charge in [-0.15, -0.1) is 11.3 Å². The van der Waals surface area contributed by atoms with E-state index in [0.29, 0.717) is 6.04 Å². The summed E-state index contributed by atoms with van der Waals surface area (Å²) >= 11 is 7.39. The molecule has 0 unspecified atom stereocenters. The molecule has 3 nitrogen and oxygen atoms in total. The summed E-state index contributed by atoms with van der Waals surface area (Å²) in [4.78, 5) is 12.9. The molecular formula is C13H19ClN2OS.